The van der Waals surface area contributed by atoms with Gasteiger partial charge in [-0.3, -0.25) is 14.4 Å². The van der Waals surface area contributed by atoms with Crippen molar-refractivity contribution in [1.29, 1.82) is 0 Å². The highest BCUT2D eigenvalue weighted by Crippen LogP contribution is 2.28. The second kappa shape index (κ2) is 4.26. The number of hydrogen-bond acceptors (Lipinski definition) is 3. The molecule has 1 aliphatic carbocycles. The van der Waals surface area contributed by atoms with Gasteiger partial charge in [-0.05, 0) is 0 Å². The molecule has 0 aromatic heterocycles. The molecule has 6 heteroatoms. The van der Waals surface area contributed by atoms with Crippen LogP contribution in [0.5, 0.6) is 0 Å². The van der Waals surface area contributed by atoms with Crippen LogP contribution in [0, 0.1) is 11.8 Å². The van der Waals surface area contributed by atoms with E-state index in [4.69, 9.17) is 1.41 Å². The average Bonchev–Trinajstić information content (AvgIpc) is 2.59. The SMILES string of the molecule is [2H]NC(=O)[C@H]1CC(=O)CC1C(=O)NBC. The van der Waals surface area contributed by atoms with E-state index in [9.17, 15) is 14.4 Å². The van der Waals surface area contributed by atoms with Crippen LogP contribution in [0.3, 0.4) is 0 Å². The lowest BCUT2D eigenvalue weighted by Crippen LogP contribution is -2.38. The van der Waals surface area contributed by atoms with E-state index < -0.39 is 17.7 Å². The average molecular weight is 197 g/mol. The minimum absolute atomic E-state index is 0.0620. The summed E-state index contributed by atoms with van der Waals surface area (Å²) in [4.78, 5) is 33.9. The number of rotatable bonds is 3. The molecule has 1 unspecified atom stereocenters. The fraction of sp³-hybridized carbons (Fsp3) is 0.625. The quantitative estimate of drug-likeness (QED) is 0.544. The van der Waals surface area contributed by atoms with Crippen LogP contribution < -0.4 is 11.0 Å². The number of primary amides is 1. The molecule has 1 aliphatic rings. The number of nitrogens with two attached hydrogens (primary N) is 1. The van der Waals surface area contributed by atoms with Crippen LogP contribution in [0.2, 0.25) is 8.23 Å². The van der Waals surface area contributed by atoms with Crippen LogP contribution in [0.25, 0.3) is 0 Å². The number of ketones is 1. The van der Waals surface area contributed by atoms with Gasteiger partial charge in [-0.15, -0.1) is 0 Å². The van der Waals surface area contributed by atoms with E-state index in [1.165, 1.54) is 0 Å². The summed E-state index contributed by atoms with van der Waals surface area (Å²) in [5, 5.41) is 2.58. The zero-order valence-corrected chi connectivity index (χ0v) is 8.00. The van der Waals surface area contributed by atoms with Crippen LogP contribution in [-0.2, 0) is 14.4 Å². The molecule has 14 heavy (non-hydrogen) atoms. The van der Waals surface area contributed by atoms with Gasteiger partial charge < -0.3 is 11.0 Å². The fourth-order valence-electron chi connectivity index (χ4n) is 1.71. The molecule has 0 saturated heterocycles. The number of amides is 2. The van der Waals surface area contributed by atoms with Crippen molar-refractivity contribution in [3.8, 4) is 0 Å². The lowest BCUT2D eigenvalue weighted by Gasteiger charge is -2.14. The van der Waals surface area contributed by atoms with E-state index in [1.54, 1.807) is 12.5 Å². The number of carbonyl (C=O) groups excluding carboxylic acids is 3. The zero-order chi connectivity index (χ0) is 11.4. The second-order valence-electron chi connectivity index (χ2n) is 3.42. The normalized spacial score (nSPS) is 26.6. The monoisotopic (exact) mass is 197 g/mol. The molecule has 0 aromatic carbocycles. The first-order valence-electron chi connectivity index (χ1n) is 5.11. The standard InChI is InChI=1S/C8H13BN2O3/c1-9-11-8(14)6-3-4(12)2-5(6)7(10)13/h5-6,9H,2-3H2,1H3,(H2,10,13)(H,11,14)/t5-,6?/m0/s1/i/hD. The first-order valence-corrected chi connectivity index (χ1v) is 4.61. The molecule has 0 radical (unpaired) electrons. The fourth-order valence-corrected chi connectivity index (χ4v) is 1.71. The number of hydrogen-bond donors (Lipinski definition) is 2. The highest BCUT2D eigenvalue weighted by Gasteiger charge is 2.40. The van der Waals surface area contributed by atoms with Crippen LogP contribution in [0.1, 0.15) is 12.8 Å². The third-order valence-corrected chi connectivity index (χ3v) is 2.41. The Kier molecular flexibility index (Phi) is 2.81. The topological polar surface area (TPSA) is 89.3 Å². The summed E-state index contributed by atoms with van der Waals surface area (Å²) in [5.74, 6) is -2.22. The molecule has 0 spiro atoms. The van der Waals surface area contributed by atoms with Crippen LogP contribution in [0.4, 0.5) is 0 Å². The van der Waals surface area contributed by atoms with Crippen LogP contribution >= 0.6 is 0 Å². The Labute approximate surface area is 84.1 Å². The molecule has 76 valence electrons. The predicted molar refractivity (Wildman–Crippen MR) is 51.6 cm³/mol. The molecule has 0 heterocycles. The van der Waals surface area contributed by atoms with Gasteiger partial charge in [0.05, 0.1) is 11.8 Å². The van der Waals surface area contributed by atoms with E-state index in [1.807, 2.05) is 0 Å². The molecule has 3 N–H and O–H groups in total. The van der Waals surface area contributed by atoms with Crippen molar-refractivity contribution in [2.75, 3.05) is 0 Å². The van der Waals surface area contributed by atoms with E-state index in [0.29, 0.717) is 7.41 Å². The van der Waals surface area contributed by atoms with Gasteiger partial charge >= 0.3 is 0 Å². The second-order valence-corrected chi connectivity index (χ2v) is 3.42. The van der Waals surface area contributed by atoms with Gasteiger partial charge in [-0.1, -0.05) is 6.82 Å². The first kappa shape index (κ1) is 9.24. The summed E-state index contributed by atoms with van der Waals surface area (Å²) in [6, 6.07) is 0. The number of carbonyl (C=O) groups is 3. The molecule has 2 atom stereocenters. The summed E-state index contributed by atoms with van der Waals surface area (Å²) < 4.78 is 6.73. The third-order valence-electron chi connectivity index (χ3n) is 2.41. The highest BCUT2D eigenvalue weighted by atomic mass is 16.2. The Hall–Kier alpha value is -1.33. The maximum absolute atomic E-state index is 11.5. The Bertz CT molecular complexity index is 298. The molecule has 0 bridgehead atoms. The molecule has 1 rings (SSSR count). The molecule has 5 nitrogen and oxygen atoms in total. The molecule has 0 aromatic rings. The van der Waals surface area contributed by atoms with E-state index >= 15 is 0 Å². The van der Waals surface area contributed by atoms with E-state index in [2.05, 4.69) is 5.23 Å². The van der Waals surface area contributed by atoms with Crippen molar-refractivity contribution in [3.05, 3.63) is 0 Å². The molecular formula is C8H13BN2O3. The zero-order valence-electron chi connectivity index (χ0n) is 9.00. The van der Waals surface area contributed by atoms with Gasteiger partial charge in [0, 0.05) is 12.8 Å². The molecule has 1 fully saturated rings. The molecular weight excluding hydrogens is 183 g/mol. The van der Waals surface area contributed by atoms with Gasteiger partial charge in [-0.2, -0.15) is 0 Å². The van der Waals surface area contributed by atoms with Crippen molar-refractivity contribution in [2.24, 2.45) is 17.6 Å². The minimum atomic E-state index is -0.679. The highest BCUT2D eigenvalue weighted by molar-refractivity contribution is 6.35. The predicted octanol–water partition coefficient (Wildman–Crippen LogP) is -1.42. The van der Waals surface area contributed by atoms with E-state index in [-0.39, 0.29) is 24.5 Å². The molecule has 1 saturated carbocycles. The maximum Gasteiger partial charge on any atom is 0.232 e. The lowest BCUT2D eigenvalue weighted by atomic mass is 9.91. The lowest BCUT2D eigenvalue weighted by molar-refractivity contribution is -0.131. The smallest absolute Gasteiger partial charge is 0.232 e. The Morgan fingerprint density at radius 3 is 2.79 bits per heavy atom. The molecule has 2 amide bonds. The summed E-state index contributed by atoms with van der Waals surface area (Å²) in [6.07, 6.45) is 0.163. The third kappa shape index (κ3) is 2.13. The summed E-state index contributed by atoms with van der Waals surface area (Å²) >= 11 is 0. The van der Waals surface area contributed by atoms with Gasteiger partial charge in [0.1, 0.15) is 5.78 Å². The van der Waals surface area contributed by atoms with Gasteiger partial charge in [0.25, 0.3) is 0 Å². The summed E-state index contributed by atoms with van der Waals surface area (Å²) in [5.41, 5.74) is 1.73. The van der Waals surface area contributed by atoms with Crippen molar-refractivity contribution in [3.63, 3.8) is 0 Å². The maximum atomic E-state index is 11.5. The van der Waals surface area contributed by atoms with Crippen molar-refractivity contribution in [1.82, 2.24) is 5.23 Å². The number of nitrogens with one attached hydrogen (secondary N) is 1. The Morgan fingerprint density at radius 1 is 1.57 bits per heavy atom. The van der Waals surface area contributed by atoms with Gasteiger partial charge in [0.2, 0.25) is 19.2 Å². The summed E-state index contributed by atoms with van der Waals surface area (Å²) in [7, 11) is 0.471. The van der Waals surface area contributed by atoms with Crippen LogP contribution in [-0.4, -0.2) is 25.0 Å². The Balaban J connectivity index is 2.72. The van der Waals surface area contributed by atoms with Crippen molar-refractivity contribution >= 4 is 25.0 Å². The summed E-state index contributed by atoms with van der Waals surface area (Å²) in [6.45, 7) is 1.77. The van der Waals surface area contributed by atoms with Crippen molar-refractivity contribution in [2.45, 2.75) is 19.7 Å². The van der Waals surface area contributed by atoms with Crippen molar-refractivity contribution < 1.29 is 15.8 Å². The minimum Gasteiger partial charge on any atom is -0.402 e. The largest absolute Gasteiger partial charge is 0.402 e. The van der Waals surface area contributed by atoms with Gasteiger partial charge in [0.15, 0.2) is 1.41 Å². The first-order chi connectivity index (χ1) is 7.10. The Morgan fingerprint density at radius 2 is 2.21 bits per heavy atom. The van der Waals surface area contributed by atoms with E-state index in [0.717, 1.165) is 0 Å². The molecule has 0 aliphatic heterocycles. The van der Waals surface area contributed by atoms with Crippen LogP contribution in [0.15, 0.2) is 0 Å². The van der Waals surface area contributed by atoms with Gasteiger partial charge in [-0.25, -0.2) is 0 Å². The number of Topliss-reactive ketones (excluding diaryl/α,β-unsaturated/α-hetero) is 1.